The summed E-state index contributed by atoms with van der Waals surface area (Å²) < 4.78 is 9.92. The van der Waals surface area contributed by atoms with Gasteiger partial charge in [0.25, 0.3) is 0 Å². The minimum absolute atomic E-state index is 0.0628. The summed E-state index contributed by atoms with van der Waals surface area (Å²) in [7, 11) is 1.35. The standard InChI is InChI=1S/C20H27NO3/c1-4-20(12-6-5-7-13-20)21-16(2)14-17-8-10-18(11-9-17)24-15-19(22)23-3/h5-12,16,21H,4,13-15H2,1-3H3/t16-,20+/m1/s1. The number of benzene rings is 1. The number of hydrogen-bond acceptors (Lipinski definition) is 4. The molecular weight excluding hydrogens is 302 g/mol. The van der Waals surface area contributed by atoms with Crippen LogP contribution in [0, 0.1) is 0 Å². The minimum Gasteiger partial charge on any atom is -0.482 e. The molecule has 1 aliphatic rings. The quantitative estimate of drug-likeness (QED) is 0.742. The summed E-state index contributed by atoms with van der Waals surface area (Å²) in [6, 6.07) is 8.23. The molecule has 2 rings (SSSR count). The van der Waals surface area contributed by atoms with Crippen LogP contribution in [0.5, 0.6) is 5.75 Å². The second kappa shape index (κ2) is 8.69. The van der Waals surface area contributed by atoms with Gasteiger partial charge in [0.2, 0.25) is 0 Å². The summed E-state index contributed by atoms with van der Waals surface area (Å²) >= 11 is 0. The zero-order valence-corrected chi connectivity index (χ0v) is 14.7. The van der Waals surface area contributed by atoms with Gasteiger partial charge in [-0.2, -0.15) is 0 Å². The Morgan fingerprint density at radius 1 is 1.29 bits per heavy atom. The highest BCUT2D eigenvalue weighted by molar-refractivity contribution is 5.70. The molecule has 24 heavy (non-hydrogen) atoms. The van der Waals surface area contributed by atoms with E-state index in [0.717, 1.165) is 19.3 Å². The molecule has 4 nitrogen and oxygen atoms in total. The molecule has 0 heterocycles. The summed E-state index contributed by atoms with van der Waals surface area (Å²) in [6.45, 7) is 4.37. The van der Waals surface area contributed by atoms with Gasteiger partial charge in [0.1, 0.15) is 5.75 Å². The smallest absolute Gasteiger partial charge is 0.343 e. The fourth-order valence-corrected chi connectivity index (χ4v) is 2.95. The molecule has 0 amide bonds. The fourth-order valence-electron chi connectivity index (χ4n) is 2.95. The zero-order chi connectivity index (χ0) is 17.4. The van der Waals surface area contributed by atoms with Crippen molar-refractivity contribution >= 4 is 5.97 Å². The fraction of sp³-hybridized carbons (Fsp3) is 0.450. The van der Waals surface area contributed by atoms with E-state index in [1.807, 2.05) is 24.3 Å². The molecule has 0 aromatic heterocycles. The van der Waals surface area contributed by atoms with Gasteiger partial charge in [0.15, 0.2) is 6.61 Å². The molecule has 0 fully saturated rings. The first-order valence-electron chi connectivity index (χ1n) is 8.47. The van der Waals surface area contributed by atoms with Crippen molar-refractivity contribution in [2.24, 2.45) is 0 Å². The van der Waals surface area contributed by atoms with Crippen molar-refractivity contribution in [1.29, 1.82) is 0 Å². The van der Waals surface area contributed by atoms with E-state index >= 15 is 0 Å². The van der Waals surface area contributed by atoms with Crippen LogP contribution < -0.4 is 10.1 Å². The molecule has 0 saturated carbocycles. The topological polar surface area (TPSA) is 47.6 Å². The number of carbonyl (C=O) groups excluding carboxylic acids is 1. The molecule has 0 radical (unpaired) electrons. The van der Waals surface area contributed by atoms with E-state index < -0.39 is 0 Å². The van der Waals surface area contributed by atoms with Crippen LogP contribution in [-0.4, -0.2) is 31.3 Å². The lowest BCUT2D eigenvalue weighted by Gasteiger charge is -2.34. The molecule has 1 aromatic carbocycles. The number of methoxy groups -OCH3 is 1. The molecule has 0 bridgehead atoms. The van der Waals surface area contributed by atoms with Crippen LogP contribution in [0.4, 0.5) is 0 Å². The van der Waals surface area contributed by atoms with Crippen molar-refractivity contribution in [3.05, 3.63) is 54.1 Å². The van der Waals surface area contributed by atoms with Gasteiger partial charge in [-0.3, -0.25) is 0 Å². The van der Waals surface area contributed by atoms with Crippen molar-refractivity contribution in [1.82, 2.24) is 5.32 Å². The van der Waals surface area contributed by atoms with Gasteiger partial charge in [-0.25, -0.2) is 4.79 Å². The third-order valence-corrected chi connectivity index (χ3v) is 4.36. The molecule has 4 heteroatoms. The minimum atomic E-state index is -0.378. The Bertz CT molecular complexity index is 591. The van der Waals surface area contributed by atoms with Gasteiger partial charge >= 0.3 is 5.97 Å². The number of carbonyl (C=O) groups is 1. The second-order valence-corrected chi connectivity index (χ2v) is 6.26. The Hall–Kier alpha value is -2.07. The highest BCUT2D eigenvalue weighted by Crippen LogP contribution is 2.23. The van der Waals surface area contributed by atoms with Crippen molar-refractivity contribution in [3.8, 4) is 5.75 Å². The van der Waals surface area contributed by atoms with Crippen LogP contribution >= 0.6 is 0 Å². The number of esters is 1. The van der Waals surface area contributed by atoms with E-state index in [4.69, 9.17) is 4.74 Å². The average Bonchev–Trinajstić information content (AvgIpc) is 2.61. The predicted octanol–water partition coefficient (Wildman–Crippen LogP) is 3.42. The number of allylic oxidation sites excluding steroid dienone is 2. The summed E-state index contributed by atoms with van der Waals surface area (Å²) in [6.07, 6.45) is 11.8. The highest BCUT2D eigenvalue weighted by Gasteiger charge is 2.26. The molecule has 1 aromatic rings. The maximum atomic E-state index is 11.1. The van der Waals surface area contributed by atoms with Crippen molar-refractivity contribution in [3.63, 3.8) is 0 Å². The monoisotopic (exact) mass is 329 g/mol. The lowest BCUT2D eigenvalue weighted by molar-refractivity contribution is -0.142. The number of ether oxygens (including phenoxy) is 2. The van der Waals surface area contributed by atoms with Gasteiger partial charge in [0.05, 0.1) is 7.11 Å². The van der Waals surface area contributed by atoms with E-state index in [2.05, 4.69) is 48.2 Å². The predicted molar refractivity (Wildman–Crippen MR) is 96.2 cm³/mol. The van der Waals surface area contributed by atoms with Gasteiger partial charge in [-0.1, -0.05) is 43.4 Å². The Balaban J connectivity index is 1.87. The molecular formula is C20H27NO3. The largest absolute Gasteiger partial charge is 0.482 e. The molecule has 1 N–H and O–H groups in total. The molecule has 0 saturated heterocycles. The van der Waals surface area contributed by atoms with E-state index in [1.54, 1.807) is 0 Å². The number of rotatable bonds is 8. The first kappa shape index (κ1) is 18.3. The van der Waals surface area contributed by atoms with Gasteiger partial charge < -0.3 is 14.8 Å². The molecule has 0 unspecified atom stereocenters. The van der Waals surface area contributed by atoms with E-state index in [9.17, 15) is 4.79 Å². The first-order chi connectivity index (χ1) is 11.6. The van der Waals surface area contributed by atoms with Crippen molar-refractivity contribution in [2.75, 3.05) is 13.7 Å². The van der Waals surface area contributed by atoms with Crippen LogP contribution in [0.2, 0.25) is 0 Å². The normalized spacial score (nSPS) is 20.6. The van der Waals surface area contributed by atoms with Gasteiger partial charge in [-0.05, 0) is 43.9 Å². The van der Waals surface area contributed by atoms with Crippen LogP contribution in [0.15, 0.2) is 48.6 Å². The summed E-state index contributed by atoms with van der Waals surface area (Å²) in [4.78, 5) is 11.1. The second-order valence-electron chi connectivity index (χ2n) is 6.26. The third-order valence-electron chi connectivity index (χ3n) is 4.36. The summed E-state index contributed by atoms with van der Waals surface area (Å²) in [5, 5.41) is 3.76. The van der Waals surface area contributed by atoms with E-state index in [1.165, 1.54) is 12.7 Å². The van der Waals surface area contributed by atoms with Crippen molar-refractivity contribution in [2.45, 2.75) is 44.7 Å². The van der Waals surface area contributed by atoms with Crippen molar-refractivity contribution < 1.29 is 14.3 Å². The molecule has 0 aliphatic heterocycles. The lowest BCUT2D eigenvalue weighted by atomic mass is 9.87. The van der Waals surface area contributed by atoms with Gasteiger partial charge in [-0.15, -0.1) is 0 Å². The van der Waals surface area contributed by atoms with E-state index in [-0.39, 0.29) is 18.1 Å². The first-order valence-corrected chi connectivity index (χ1v) is 8.47. The highest BCUT2D eigenvalue weighted by atomic mass is 16.6. The van der Waals surface area contributed by atoms with E-state index in [0.29, 0.717) is 11.8 Å². The van der Waals surface area contributed by atoms with Crippen LogP contribution in [0.1, 0.15) is 32.3 Å². The number of hydrogen-bond donors (Lipinski definition) is 1. The zero-order valence-electron chi connectivity index (χ0n) is 14.7. The Morgan fingerprint density at radius 3 is 2.62 bits per heavy atom. The Morgan fingerprint density at radius 2 is 2.04 bits per heavy atom. The maximum absolute atomic E-state index is 11.1. The Labute approximate surface area is 144 Å². The molecule has 2 atom stereocenters. The van der Waals surface area contributed by atoms with Crippen LogP contribution in [-0.2, 0) is 16.0 Å². The maximum Gasteiger partial charge on any atom is 0.343 e. The molecule has 1 aliphatic carbocycles. The summed E-state index contributed by atoms with van der Waals surface area (Å²) in [5.41, 5.74) is 1.31. The molecule has 0 spiro atoms. The summed E-state index contributed by atoms with van der Waals surface area (Å²) in [5.74, 6) is 0.298. The lowest BCUT2D eigenvalue weighted by Crippen LogP contribution is -2.48. The molecule has 130 valence electrons. The third kappa shape index (κ3) is 5.24. The van der Waals surface area contributed by atoms with Crippen LogP contribution in [0.25, 0.3) is 0 Å². The van der Waals surface area contributed by atoms with Gasteiger partial charge in [0, 0.05) is 11.6 Å². The SMILES string of the molecule is CC[C@]1(N[C@H](C)Cc2ccc(OCC(=O)OC)cc2)C=CC=CC1. The average molecular weight is 329 g/mol. The Kier molecular flexibility index (Phi) is 6.62. The van der Waals surface area contributed by atoms with Crippen LogP contribution in [0.3, 0.4) is 0 Å². The number of nitrogens with one attached hydrogen (secondary N) is 1.